The zero-order valence-electron chi connectivity index (χ0n) is 12.6. The van der Waals surface area contributed by atoms with Gasteiger partial charge in [0.25, 0.3) is 0 Å². The maximum Gasteiger partial charge on any atom is 0.159 e. The molecule has 3 nitrogen and oxygen atoms in total. The fraction of sp³-hybridized carbons (Fsp3) is 1.00. The molecule has 0 aromatic heterocycles. The average molecular weight is 259 g/mol. The molecule has 0 aromatic carbocycles. The van der Waals surface area contributed by atoms with Crippen LogP contribution < -0.4 is 5.73 Å². The van der Waals surface area contributed by atoms with E-state index in [2.05, 4.69) is 6.92 Å². The Hall–Kier alpha value is -0.120. The largest absolute Gasteiger partial charge is 0.356 e. The molecule has 0 saturated carbocycles. The minimum Gasteiger partial charge on any atom is -0.356 e. The van der Waals surface area contributed by atoms with E-state index < -0.39 is 0 Å². The Morgan fingerprint density at radius 2 is 1.39 bits per heavy atom. The first-order valence-electron chi connectivity index (χ1n) is 7.55. The number of unbranched alkanes of at least 4 members (excludes halogenated alkanes) is 5. The van der Waals surface area contributed by atoms with Gasteiger partial charge in [-0.2, -0.15) is 0 Å². The minimum atomic E-state index is -0.0628. The first kappa shape index (κ1) is 17.9. The van der Waals surface area contributed by atoms with Crippen molar-refractivity contribution in [1.29, 1.82) is 0 Å². The summed E-state index contributed by atoms with van der Waals surface area (Å²) in [6.07, 6.45) is 11.3. The summed E-state index contributed by atoms with van der Waals surface area (Å²) < 4.78 is 10.8. The fourth-order valence-corrected chi connectivity index (χ4v) is 2.46. The average Bonchev–Trinajstić information content (AvgIpc) is 2.40. The zero-order chi connectivity index (χ0) is 13.6. The van der Waals surface area contributed by atoms with Crippen LogP contribution in [0.2, 0.25) is 0 Å². The molecule has 3 heteroatoms. The quantitative estimate of drug-likeness (QED) is 0.405. The summed E-state index contributed by atoms with van der Waals surface area (Å²) >= 11 is 0. The maximum absolute atomic E-state index is 5.59. The summed E-state index contributed by atoms with van der Waals surface area (Å²) in [5, 5.41) is 0. The van der Waals surface area contributed by atoms with E-state index in [0.29, 0.717) is 5.92 Å². The molecule has 0 amide bonds. The molecule has 1 unspecified atom stereocenters. The van der Waals surface area contributed by atoms with Crippen LogP contribution in [-0.2, 0) is 9.47 Å². The van der Waals surface area contributed by atoms with Crippen LogP contribution in [0.5, 0.6) is 0 Å². The summed E-state index contributed by atoms with van der Waals surface area (Å²) in [4.78, 5) is 0. The van der Waals surface area contributed by atoms with Gasteiger partial charge in [-0.25, -0.2) is 0 Å². The van der Waals surface area contributed by atoms with Gasteiger partial charge in [-0.05, 0) is 25.8 Å². The number of methoxy groups -OCH3 is 2. The van der Waals surface area contributed by atoms with Crippen molar-refractivity contribution in [3.05, 3.63) is 0 Å². The van der Waals surface area contributed by atoms with E-state index in [1.165, 1.54) is 44.9 Å². The molecule has 0 aromatic rings. The second-order valence-corrected chi connectivity index (χ2v) is 5.09. The molecular formula is C15H33NO2. The summed E-state index contributed by atoms with van der Waals surface area (Å²) in [6, 6.07) is 0. The molecule has 0 radical (unpaired) electrons. The van der Waals surface area contributed by atoms with Gasteiger partial charge in [0.05, 0.1) is 0 Å². The van der Waals surface area contributed by atoms with Crippen molar-refractivity contribution in [1.82, 2.24) is 0 Å². The molecule has 2 N–H and O–H groups in total. The van der Waals surface area contributed by atoms with Crippen LogP contribution in [0.1, 0.15) is 64.7 Å². The number of hydrogen-bond acceptors (Lipinski definition) is 3. The fourth-order valence-electron chi connectivity index (χ4n) is 2.46. The van der Waals surface area contributed by atoms with Gasteiger partial charge in [0.1, 0.15) is 0 Å². The molecule has 18 heavy (non-hydrogen) atoms. The third kappa shape index (κ3) is 8.90. The Balaban J connectivity index is 3.78. The van der Waals surface area contributed by atoms with E-state index in [-0.39, 0.29) is 6.29 Å². The third-order valence-corrected chi connectivity index (χ3v) is 3.56. The van der Waals surface area contributed by atoms with Gasteiger partial charge < -0.3 is 15.2 Å². The first-order valence-corrected chi connectivity index (χ1v) is 7.55. The minimum absolute atomic E-state index is 0.0628. The third-order valence-electron chi connectivity index (χ3n) is 3.56. The zero-order valence-corrected chi connectivity index (χ0v) is 12.6. The molecule has 0 aliphatic heterocycles. The molecule has 0 fully saturated rings. The Kier molecular flexibility index (Phi) is 13.2. The van der Waals surface area contributed by atoms with Crippen LogP contribution in [0.4, 0.5) is 0 Å². The Morgan fingerprint density at radius 1 is 0.833 bits per heavy atom. The van der Waals surface area contributed by atoms with Gasteiger partial charge >= 0.3 is 0 Å². The van der Waals surface area contributed by atoms with Crippen molar-refractivity contribution in [2.75, 3.05) is 20.8 Å². The van der Waals surface area contributed by atoms with Crippen LogP contribution in [0.3, 0.4) is 0 Å². The van der Waals surface area contributed by atoms with Gasteiger partial charge in [0, 0.05) is 20.1 Å². The van der Waals surface area contributed by atoms with Crippen molar-refractivity contribution in [2.24, 2.45) is 11.7 Å². The molecule has 0 aliphatic rings. The first-order chi connectivity index (χ1) is 8.79. The summed E-state index contributed by atoms with van der Waals surface area (Å²) in [6.45, 7) is 3.01. The standard InChI is InChI=1S/C15H33NO2/c1-4-5-6-7-8-9-11-14(12-10-13-16)15(17-2)18-3/h14-15H,4-13,16H2,1-3H3. The van der Waals surface area contributed by atoms with Gasteiger partial charge in [0.2, 0.25) is 0 Å². The summed E-state index contributed by atoms with van der Waals surface area (Å²) in [5.74, 6) is 0.495. The van der Waals surface area contributed by atoms with Gasteiger partial charge in [0.15, 0.2) is 6.29 Å². The van der Waals surface area contributed by atoms with E-state index in [4.69, 9.17) is 15.2 Å². The van der Waals surface area contributed by atoms with Crippen molar-refractivity contribution < 1.29 is 9.47 Å². The lowest BCUT2D eigenvalue weighted by molar-refractivity contribution is -0.140. The molecule has 0 saturated heterocycles. The van der Waals surface area contributed by atoms with Crippen molar-refractivity contribution in [3.8, 4) is 0 Å². The molecule has 110 valence electrons. The normalized spacial score (nSPS) is 13.2. The lowest BCUT2D eigenvalue weighted by Gasteiger charge is -2.24. The molecule has 0 spiro atoms. The van der Waals surface area contributed by atoms with Crippen LogP contribution in [0.25, 0.3) is 0 Å². The Morgan fingerprint density at radius 3 is 1.94 bits per heavy atom. The predicted octanol–water partition coefficient (Wildman–Crippen LogP) is 3.71. The number of nitrogens with two attached hydrogens (primary N) is 1. The molecule has 0 bridgehead atoms. The highest BCUT2D eigenvalue weighted by Gasteiger charge is 2.19. The van der Waals surface area contributed by atoms with E-state index in [0.717, 1.165) is 19.4 Å². The number of hydrogen-bond donors (Lipinski definition) is 1. The van der Waals surface area contributed by atoms with Crippen LogP contribution in [-0.4, -0.2) is 27.1 Å². The smallest absolute Gasteiger partial charge is 0.159 e. The van der Waals surface area contributed by atoms with Gasteiger partial charge in [-0.1, -0.05) is 45.4 Å². The van der Waals surface area contributed by atoms with Crippen LogP contribution in [0.15, 0.2) is 0 Å². The van der Waals surface area contributed by atoms with Crippen LogP contribution in [0, 0.1) is 5.92 Å². The van der Waals surface area contributed by atoms with E-state index in [1.807, 2.05) is 0 Å². The highest BCUT2D eigenvalue weighted by molar-refractivity contribution is 4.64. The lowest BCUT2D eigenvalue weighted by Crippen LogP contribution is -2.25. The van der Waals surface area contributed by atoms with Crippen LogP contribution >= 0.6 is 0 Å². The predicted molar refractivity (Wildman–Crippen MR) is 77.6 cm³/mol. The second kappa shape index (κ2) is 13.3. The highest BCUT2D eigenvalue weighted by atomic mass is 16.7. The number of ether oxygens (including phenoxy) is 2. The van der Waals surface area contributed by atoms with Crippen molar-refractivity contribution >= 4 is 0 Å². The molecule has 0 rings (SSSR count). The molecule has 0 aliphatic carbocycles. The molecular weight excluding hydrogens is 226 g/mol. The van der Waals surface area contributed by atoms with E-state index in [1.54, 1.807) is 14.2 Å². The molecule has 0 heterocycles. The Labute approximate surface area is 113 Å². The Bertz CT molecular complexity index is 161. The van der Waals surface area contributed by atoms with E-state index >= 15 is 0 Å². The van der Waals surface area contributed by atoms with Crippen molar-refractivity contribution in [3.63, 3.8) is 0 Å². The maximum atomic E-state index is 5.59. The number of rotatable bonds is 13. The monoisotopic (exact) mass is 259 g/mol. The topological polar surface area (TPSA) is 44.5 Å². The summed E-state index contributed by atoms with van der Waals surface area (Å²) in [7, 11) is 3.45. The van der Waals surface area contributed by atoms with E-state index in [9.17, 15) is 0 Å². The van der Waals surface area contributed by atoms with Gasteiger partial charge in [-0.15, -0.1) is 0 Å². The SMILES string of the molecule is CCCCCCCCC(CCCN)C(OC)OC. The lowest BCUT2D eigenvalue weighted by atomic mass is 9.95. The summed E-state index contributed by atoms with van der Waals surface area (Å²) in [5.41, 5.74) is 5.59. The molecule has 1 atom stereocenters. The highest BCUT2D eigenvalue weighted by Crippen LogP contribution is 2.22. The second-order valence-electron chi connectivity index (χ2n) is 5.09. The van der Waals surface area contributed by atoms with Gasteiger partial charge in [-0.3, -0.25) is 0 Å². The van der Waals surface area contributed by atoms with Crippen molar-refractivity contribution in [2.45, 2.75) is 71.0 Å².